The predicted molar refractivity (Wildman–Crippen MR) is 68.2 cm³/mol. The van der Waals surface area contributed by atoms with Gasteiger partial charge in [-0.25, -0.2) is 9.69 Å². The second kappa shape index (κ2) is 5.06. The lowest BCUT2D eigenvalue weighted by atomic mass is 9.85. The predicted octanol–water partition coefficient (Wildman–Crippen LogP) is 1.59. The average molecular weight is 257 g/mol. The van der Waals surface area contributed by atoms with Crippen molar-refractivity contribution in [1.82, 2.24) is 14.8 Å². The summed E-state index contributed by atoms with van der Waals surface area (Å²) in [5, 5.41) is 6.13. The van der Waals surface area contributed by atoms with Crippen LogP contribution in [0.15, 0.2) is 11.0 Å². The van der Waals surface area contributed by atoms with E-state index >= 15 is 0 Å². The van der Waals surface area contributed by atoms with Crippen LogP contribution in [0.3, 0.4) is 0 Å². The lowest BCUT2D eigenvalue weighted by Gasteiger charge is -2.25. The van der Waals surface area contributed by atoms with Crippen LogP contribution in [0.2, 0.25) is 5.02 Å². The van der Waals surface area contributed by atoms with Crippen LogP contribution in [0, 0.1) is 5.92 Å². The maximum atomic E-state index is 12.1. The summed E-state index contributed by atoms with van der Waals surface area (Å²) in [7, 11) is 3.62. The molecule has 0 saturated heterocycles. The van der Waals surface area contributed by atoms with Crippen LogP contribution in [-0.2, 0) is 6.54 Å². The smallest absolute Gasteiger partial charge is 0.292 e. The Hall–Kier alpha value is -1.07. The first kappa shape index (κ1) is 12.4. The van der Waals surface area contributed by atoms with Crippen molar-refractivity contribution in [2.45, 2.75) is 25.8 Å². The minimum absolute atomic E-state index is 0.155. The standard InChI is InChI=1S/C11H17ClN4O/c1-15(2)14-10-9(12)6-13-16(11(10)17)7-8-4-3-5-8/h6,8,14H,3-5,7H2,1-2H3. The molecule has 1 saturated carbocycles. The molecule has 0 aromatic carbocycles. The van der Waals surface area contributed by atoms with Gasteiger partial charge in [-0.15, -0.1) is 0 Å². The first-order valence-electron chi connectivity index (χ1n) is 5.77. The summed E-state index contributed by atoms with van der Waals surface area (Å²) in [5.41, 5.74) is 3.16. The summed E-state index contributed by atoms with van der Waals surface area (Å²) in [4.78, 5) is 12.1. The van der Waals surface area contributed by atoms with Gasteiger partial charge in [0, 0.05) is 20.6 Å². The molecule has 0 atom stereocenters. The average Bonchev–Trinajstić information content (AvgIpc) is 2.20. The fourth-order valence-electron chi connectivity index (χ4n) is 1.84. The van der Waals surface area contributed by atoms with Crippen LogP contribution < -0.4 is 11.0 Å². The van der Waals surface area contributed by atoms with Gasteiger partial charge in [0.05, 0.1) is 11.2 Å². The third-order valence-electron chi connectivity index (χ3n) is 2.99. The van der Waals surface area contributed by atoms with Crippen LogP contribution in [0.25, 0.3) is 0 Å². The molecule has 0 bridgehead atoms. The van der Waals surface area contributed by atoms with Gasteiger partial charge in [-0.1, -0.05) is 18.0 Å². The minimum Gasteiger partial charge on any atom is -0.313 e. The van der Waals surface area contributed by atoms with E-state index in [-0.39, 0.29) is 5.56 Å². The van der Waals surface area contributed by atoms with Crippen molar-refractivity contribution in [3.05, 3.63) is 21.6 Å². The maximum Gasteiger partial charge on any atom is 0.292 e. The Balaban J connectivity index is 2.24. The highest BCUT2D eigenvalue weighted by molar-refractivity contribution is 6.32. The number of anilines is 1. The minimum atomic E-state index is -0.155. The lowest BCUT2D eigenvalue weighted by Crippen LogP contribution is -2.33. The SMILES string of the molecule is CN(C)Nc1c(Cl)cnn(CC2CCC2)c1=O. The largest absolute Gasteiger partial charge is 0.313 e. The van der Waals surface area contributed by atoms with Gasteiger partial charge in [0.1, 0.15) is 5.69 Å². The topological polar surface area (TPSA) is 50.2 Å². The summed E-state index contributed by atoms with van der Waals surface area (Å²) in [5.74, 6) is 0.591. The molecule has 1 aromatic heterocycles. The van der Waals surface area contributed by atoms with Gasteiger partial charge in [-0.3, -0.25) is 4.79 Å². The zero-order valence-electron chi connectivity index (χ0n) is 10.1. The zero-order chi connectivity index (χ0) is 12.4. The van der Waals surface area contributed by atoms with E-state index in [1.165, 1.54) is 30.1 Å². The van der Waals surface area contributed by atoms with E-state index in [4.69, 9.17) is 11.6 Å². The molecule has 0 amide bonds. The number of hydrogen-bond donors (Lipinski definition) is 1. The summed E-state index contributed by atoms with van der Waals surface area (Å²) in [6.07, 6.45) is 5.16. The van der Waals surface area contributed by atoms with E-state index in [0.717, 1.165) is 0 Å². The van der Waals surface area contributed by atoms with Gasteiger partial charge >= 0.3 is 0 Å². The van der Waals surface area contributed by atoms with Crippen LogP contribution in [0.4, 0.5) is 5.69 Å². The quantitative estimate of drug-likeness (QED) is 0.832. The van der Waals surface area contributed by atoms with Gasteiger partial charge in [0.25, 0.3) is 5.56 Å². The summed E-state index contributed by atoms with van der Waals surface area (Å²) < 4.78 is 1.50. The fourth-order valence-corrected chi connectivity index (χ4v) is 2.01. The van der Waals surface area contributed by atoms with Crippen molar-refractivity contribution < 1.29 is 0 Å². The molecule has 0 spiro atoms. The Morgan fingerprint density at radius 1 is 1.59 bits per heavy atom. The summed E-state index contributed by atoms with van der Waals surface area (Å²) in [6, 6.07) is 0. The van der Waals surface area contributed by atoms with Gasteiger partial charge < -0.3 is 5.43 Å². The Morgan fingerprint density at radius 2 is 2.29 bits per heavy atom. The van der Waals surface area contributed by atoms with E-state index in [2.05, 4.69) is 10.5 Å². The van der Waals surface area contributed by atoms with Crippen molar-refractivity contribution in [3.63, 3.8) is 0 Å². The molecule has 94 valence electrons. The third kappa shape index (κ3) is 2.79. The first-order chi connectivity index (χ1) is 8.08. The molecule has 1 aliphatic rings. The van der Waals surface area contributed by atoms with E-state index in [1.807, 2.05) is 14.1 Å². The Labute approximate surface area is 105 Å². The number of nitrogens with one attached hydrogen (secondary N) is 1. The molecule has 5 nitrogen and oxygen atoms in total. The molecule has 1 aliphatic carbocycles. The van der Waals surface area contributed by atoms with Crippen molar-refractivity contribution in [1.29, 1.82) is 0 Å². The molecule has 0 radical (unpaired) electrons. The molecular formula is C11H17ClN4O. The second-order valence-corrected chi connectivity index (χ2v) is 5.07. The number of aromatic nitrogens is 2. The van der Waals surface area contributed by atoms with Gasteiger partial charge in [-0.05, 0) is 18.8 Å². The highest BCUT2D eigenvalue weighted by Crippen LogP contribution is 2.27. The summed E-state index contributed by atoms with van der Waals surface area (Å²) in [6.45, 7) is 0.693. The van der Waals surface area contributed by atoms with Gasteiger partial charge in [0.2, 0.25) is 0 Å². The number of hydrogen-bond acceptors (Lipinski definition) is 4. The molecule has 0 unspecified atom stereocenters. The highest BCUT2D eigenvalue weighted by Gasteiger charge is 2.20. The molecule has 17 heavy (non-hydrogen) atoms. The number of halogens is 1. The van der Waals surface area contributed by atoms with Crippen LogP contribution in [0.1, 0.15) is 19.3 Å². The Bertz CT molecular complexity index is 453. The van der Waals surface area contributed by atoms with Crippen molar-refractivity contribution in [2.75, 3.05) is 19.5 Å². The van der Waals surface area contributed by atoms with Crippen LogP contribution in [0.5, 0.6) is 0 Å². The van der Waals surface area contributed by atoms with E-state index in [0.29, 0.717) is 23.2 Å². The molecule has 1 aromatic rings. The number of hydrazine groups is 1. The molecule has 1 heterocycles. The first-order valence-corrected chi connectivity index (χ1v) is 6.15. The van der Waals surface area contributed by atoms with Crippen molar-refractivity contribution >= 4 is 17.3 Å². The second-order valence-electron chi connectivity index (χ2n) is 4.66. The Morgan fingerprint density at radius 3 is 2.82 bits per heavy atom. The molecule has 0 aliphatic heterocycles. The monoisotopic (exact) mass is 256 g/mol. The normalized spacial score (nSPS) is 16.0. The fraction of sp³-hybridized carbons (Fsp3) is 0.636. The summed E-state index contributed by atoms with van der Waals surface area (Å²) >= 11 is 5.96. The van der Waals surface area contributed by atoms with Gasteiger partial charge in [-0.2, -0.15) is 5.10 Å². The maximum absolute atomic E-state index is 12.1. The molecule has 1 N–H and O–H groups in total. The zero-order valence-corrected chi connectivity index (χ0v) is 10.9. The van der Waals surface area contributed by atoms with E-state index in [1.54, 1.807) is 5.01 Å². The van der Waals surface area contributed by atoms with E-state index in [9.17, 15) is 4.79 Å². The van der Waals surface area contributed by atoms with Crippen LogP contribution in [-0.4, -0.2) is 28.9 Å². The van der Waals surface area contributed by atoms with Crippen molar-refractivity contribution in [2.24, 2.45) is 5.92 Å². The number of nitrogens with zero attached hydrogens (tertiary/aromatic N) is 3. The molecule has 2 rings (SSSR count). The molecular weight excluding hydrogens is 240 g/mol. The number of rotatable bonds is 4. The molecule has 1 fully saturated rings. The lowest BCUT2D eigenvalue weighted by molar-refractivity contribution is 0.261. The van der Waals surface area contributed by atoms with Crippen molar-refractivity contribution in [3.8, 4) is 0 Å². The molecule has 6 heteroatoms. The third-order valence-corrected chi connectivity index (χ3v) is 3.28. The highest BCUT2D eigenvalue weighted by atomic mass is 35.5. The Kier molecular flexibility index (Phi) is 3.69. The van der Waals surface area contributed by atoms with Crippen LogP contribution >= 0.6 is 11.6 Å². The van der Waals surface area contributed by atoms with Gasteiger partial charge in [0.15, 0.2) is 0 Å². The van der Waals surface area contributed by atoms with E-state index < -0.39 is 0 Å².